The van der Waals surface area contributed by atoms with Crippen LogP contribution < -0.4 is 0 Å². The molecule has 1 aromatic heterocycles. The summed E-state index contributed by atoms with van der Waals surface area (Å²) in [6.45, 7) is 7.65. The maximum Gasteiger partial charge on any atom is 0.224 e. The van der Waals surface area contributed by atoms with E-state index in [9.17, 15) is 4.79 Å². The highest BCUT2D eigenvalue weighted by Gasteiger charge is 2.25. The number of likely N-dealkylation sites (tertiary alicyclic amines) is 1. The number of morpholine rings is 1. The Kier molecular flexibility index (Phi) is 6.14. The summed E-state index contributed by atoms with van der Waals surface area (Å²) < 4.78 is 7.14. The third-order valence-corrected chi connectivity index (χ3v) is 5.03. The standard InChI is InChI=1S/C16H28N6O2/c1-2-14-5-3-4-7-21(14)16(23)6-8-22-15(17-18-19-22)13-20-9-11-24-12-10-20/h14H,2-13H2,1H3/t14-/m1/s1. The SMILES string of the molecule is CC[C@@H]1CCCCN1C(=O)CCn1nnnc1CN1CCOCC1. The second kappa shape index (κ2) is 8.53. The Hall–Kier alpha value is -1.54. The van der Waals surface area contributed by atoms with Crippen molar-refractivity contribution in [3.8, 4) is 0 Å². The Balaban J connectivity index is 1.52. The van der Waals surface area contributed by atoms with Crippen LogP contribution in [-0.4, -0.2) is 74.8 Å². The second-order valence-corrected chi connectivity index (χ2v) is 6.60. The minimum atomic E-state index is 0.231. The van der Waals surface area contributed by atoms with E-state index in [-0.39, 0.29) is 5.91 Å². The molecular formula is C16H28N6O2. The second-order valence-electron chi connectivity index (χ2n) is 6.60. The molecule has 8 nitrogen and oxygen atoms in total. The average Bonchev–Trinajstić information content (AvgIpc) is 3.07. The number of hydrogen-bond acceptors (Lipinski definition) is 6. The molecule has 1 aromatic rings. The van der Waals surface area contributed by atoms with Crippen LogP contribution in [0.15, 0.2) is 0 Å². The fraction of sp³-hybridized carbons (Fsp3) is 0.875. The van der Waals surface area contributed by atoms with E-state index in [1.165, 1.54) is 6.42 Å². The molecule has 2 saturated heterocycles. The maximum atomic E-state index is 12.6. The van der Waals surface area contributed by atoms with Crippen molar-refractivity contribution in [2.75, 3.05) is 32.8 Å². The zero-order valence-electron chi connectivity index (χ0n) is 14.6. The molecule has 0 unspecified atom stereocenters. The quantitative estimate of drug-likeness (QED) is 0.761. The van der Waals surface area contributed by atoms with E-state index in [1.54, 1.807) is 4.68 Å². The van der Waals surface area contributed by atoms with Crippen LogP contribution in [0.3, 0.4) is 0 Å². The number of ether oxygens (including phenoxy) is 1. The molecule has 0 radical (unpaired) electrons. The van der Waals surface area contributed by atoms with Gasteiger partial charge in [0.15, 0.2) is 5.82 Å². The van der Waals surface area contributed by atoms with Crippen molar-refractivity contribution in [2.45, 2.75) is 58.2 Å². The average molecular weight is 336 g/mol. The molecule has 2 fully saturated rings. The smallest absolute Gasteiger partial charge is 0.224 e. The molecule has 0 aliphatic carbocycles. The van der Waals surface area contributed by atoms with Gasteiger partial charge in [-0.05, 0) is 36.1 Å². The van der Waals surface area contributed by atoms with Crippen LogP contribution in [0.25, 0.3) is 0 Å². The normalized spacial score (nSPS) is 22.7. The number of tetrazole rings is 1. The zero-order chi connectivity index (χ0) is 16.8. The first kappa shape index (κ1) is 17.3. The van der Waals surface area contributed by atoms with Crippen LogP contribution in [0.4, 0.5) is 0 Å². The monoisotopic (exact) mass is 336 g/mol. The van der Waals surface area contributed by atoms with Crippen molar-refractivity contribution >= 4 is 5.91 Å². The van der Waals surface area contributed by atoms with Crippen molar-refractivity contribution < 1.29 is 9.53 Å². The molecule has 1 amide bonds. The van der Waals surface area contributed by atoms with E-state index in [1.807, 2.05) is 0 Å². The molecule has 0 spiro atoms. The van der Waals surface area contributed by atoms with Crippen molar-refractivity contribution in [2.24, 2.45) is 0 Å². The number of rotatable bonds is 6. The fourth-order valence-electron chi connectivity index (χ4n) is 3.57. The van der Waals surface area contributed by atoms with E-state index >= 15 is 0 Å². The summed E-state index contributed by atoms with van der Waals surface area (Å²) in [5.41, 5.74) is 0. The molecule has 0 aromatic carbocycles. The summed E-state index contributed by atoms with van der Waals surface area (Å²) in [6, 6.07) is 0.410. The first-order chi connectivity index (χ1) is 11.8. The van der Waals surface area contributed by atoms with Crippen molar-refractivity contribution in [3.05, 3.63) is 5.82 Å². The van der Waals surface area contributed by atoms with Gasteiger partial charge in [-0.1, -0.05) is 6.92 Å². The summed E-state index contributed by atoms with van der Waals surface area (Å²) >= 11 is 0. The first-order valence-electron chi connectivity index (χ1n) is 9.12. The Morgan fingerprint density at radius 2 is 2.08 bits per heavy atom. The lowest BCUT2D eigenvalue weighted by molar-refractivity contribution is -0.135. The Bertz CT molecular complexity index is 528. The van der Waals surface area contributed by atoms with Gasteiger partial charge in [-0.2, -0.15) is 0 Å². The van der Waals surface area contributed by atoms with Crippen molar-refractivity contribution in [1.29, 1.82) is 0 Å². The molecule has 0 saturated carbocycles. The Morgan fingerprint density at radius 1 is 1.25 bits per heavy atom. The van der Waals surface area contributed by atoms with Crippen LogP contribution in [0.1, 0.15) is 44.9 Å². The first-order valence-corrected chi connectivity index (χ1v) is 9.12. The van der Waals surface area contributed by atoms with Gasteiger partial charge in [-0.15, -0.1) is 5.10 Å². The molecule has 0 bridgehead atoms. The van der Waals surface area contributed by atoms with Gasteiger partial charge >= 0.3 is 0 Å². The highest BCUT2D eigenvalue weighted by atomic mass is 16.5. The number of amides is 1. The molecule has 2 aliphatic heterocycles. The molecule has 24 heavy (non-hydrogen) atoms. The summed E-state index contributed by atoms with van der Waals surface area (Å²) in [7, 11) is 0. The van der Waals surface area contributed by atoms with Gasteiger partial charge in [-0.25, -0.2) is 4.68 Å². The minimum absolute atomic E-state index is 0.231. The van der Waals surface area contributed by atoms with Gasteiger partial charge in [0.2, 0.25) is 5.91 Å². The van der Waals surface area contributed by atoms with Gasteiger partial charge < -0.3 is 9.64 Å². The molecule has 1 atom stereocenters. The molecular weight excluding hydrogens is 308 g/mol. The summed E-state index contributed by atoms with van der Waals surface area (Å²) in [5, 5.41) is 12.0. The van der Waals surface area contributed by atoms with Crippen LogP contribution in [0, 0.1) is 0 Å². The van der Waals surface area contributed by atoms with Gasteiger partial charge in [0.1, 0.15) is 0 Å². The maximum absolute atomic E-state index is 12.6. The lowest BCUT2D eigenvalue weighted by Crippen LogP contribution is -2.43. The van der Waals surface area contributed by atoms with Gasteiger partial charge in [0.05, 0.1) is 26.3 Å². The number of aromatic nitrogens is 4. The Morgan fingerprint density at radius 3 is 2.88 bits per heavy atom. The number of hydrogen-bond donors (Lipinski definition) is 0. The molecule has 3 rings (SSSR count). The summed E-state index contributed by atoms with van der Waals surface area (Å²) in [5.74, 6) is 1.06. The fourth-order valence-corrected chi connectivity index (χ4v) is 3.57. The number of piperidine rings is 1. The predicted octanol–water partition coefficient (Wildman–Crippen LogP) is 0.687. The summed E-state index contributed by atoms with van der Waals surface area (Å²) in [4.78, 5) is 16.9. The van der Waals surface area contributed by atoms with Gasteiger partial charge in [0.25, 0.3) is 0 Å². The summed E-state index contributed by atoms with van der Waals surface area (Å²) in [6.07, 6.45) is 5.00. The zero-order valence-corrected chi connectivity index (χ0v) is 14.6. The van der Waals surface area contributed by atoms with Crippen LogP contribution in [-0.2, 0) is 22.6 Å². The topological polar surface area (TPSA) is 76.4 Å². The molecule has 8 heteroatoms. The van der Waals surface area contributed by atoms with Gasteiger partial charge in [-0.3, -0.25) is 9.69 Å². The minimum Gasteiger partial charge on any atom is -0.379 e. The highest BCUT2D eigenvalue weighted by molar-refractivity contribution is 5.76. The van der Waals surface area contributed by atoms with E-state index in [0.29, 0.717) is 25.6 Å². The number of aryl methyl sites for hydroxylation is 1. The number of carbonyl (C=O) groups excluding carboxylic acids is 1. The van der Waals surface area contributed by atoms with E-state index < -0.39 is 0 Å². The number of carbonyl (C=O) groups is 1. The molecule has 3 heterocycles. The highest BCUT2D eigenvalue weighted by Crippen LogP contribution is 2.20. The largest absolute Gasteiger partial charge is 0.379 e. The Labute approximate surface area is 143 Å². The number of nitrogens with zero attached hydrogens (tertiary/aromatic N) is 6. The van der Waals surface area contributed by atoms with Crippen molar-refractivity contribution in [3.63, 3.8) is 0 Å². The third-order valence-electron chi connectivity index (χ3n) is 5.03. The molecule has 134 valence electrons. The van der Waals surface area contributed by atoms with E-state index in [0.717, 1.165) is 57.9 Å². The third kappa shape index (κ3) is 4.30. The van der Waals surface area contributed by atoms with Crippen molar-refractivity contribution in [1.82, 2.24) is 30.0 Å². The van der Waals surface area contributed by atoms with E-state index in [2.05, 4.69) is 32.2 Å². The van der Waals surface area contributed by atoms with E-state index in [4.69, 9.17) is 4.74 Å². The van der Waals surface area contributed by atoms with Gasteiger partial charge in [0, 0.05) is 32.1 Å². The van der Waals surface area contributed by atoms with Crippen LogP contribution in [0.5, 0.6) is 0 Å². The lowest BCUT2D eigenvalue weighted by atomic mass is 9.99. The van der Waals surface area contributed by atoms with Crippen LogP contribution >= 0.6 is 0 Å². The lowest BCUT2D eigenvalue weighted by Gasteiger charge is -2.35. The van der Waals surface area contributed by atoms with Crippen LogP contribution in [0.2, 0.25) is 0 Å². The molecule has 2 aliphatic rings. The predicted molar refractivity (Wildman–Crippen MR) is 88.2 cm³/mol. The molecule has 0 N–H and O–H groups in total.